The highest BCUT2D eigenvalue weighted by Crippen LogP contribution is 2.41. The zero-order valence-electron chi connectivity index (χ0n) is 25.3. The van der Waals surface area contributed by atoms with Gasteiger partial charge in [-0.15, -0.1) is 0 Å². The quantitative estimate of drug-likeness (QED) is 0.145. The van der Waals surface area contributed by atoms with E-state index in [9.17, 15) is 4.79 Å². The summed E-state index contributed by atoms with van der Waals surface area (Å²) in [6.07, 6.45) is 7.78. The van der Waals surface area contributed by atoms with Crippen molar-refractivity contribution in [2.45, 2.75) is 33.7 Å². The number of hydrogen-bond acceptors (Lipinski definition) is 3. The number of aromatic nitrogens is 5. The smallest absolute Gasteiger partial charge is 0.274 e. The molecule has 3 N–H and O–H groups in total. The van der Waals surface area contributed by atoms with Crippen LogP contribution in [0.15, 0.2) is 97.4 Å². The molecule has 0 radical (unpaired) electrons. The molecule has 1 atom stereocenters. The third-order valence-corrected chi connectivity index (χ3v) is 8.45. The van der Waals surface area contributed by atoms with Crippen molar-refractivity contribution in [3.8, 4) is 22.5 Å². The summed E-state index contributed by atoms with van der Waals surface area (Å²) in [7, 11) is 0. The number of fused-ring (bicyclic) bond motifs is 1. The van der Waals surface area contributed by atoms with E-state index in [2.05, 4.69) is 32.0 Å². The highest BCUT2D eigenvalue weighted by Gasteiger charge is 2.28. The molecule has 0 spiro atoms. The molecule has 45 heavy (non-hydrogen) atoms. The van der Waals surface area contributed by atoms with Crippen molar-refractivity contribution in [2.24, 2.45) is 0 Å². The van der Waals surface area contributed by atoms with Crippen LogP contribution in [0.2, 0.25) is 10.0 Å². The number of anilines is 1. The van der Waals surface area contributed by atoms with Crippen molar-refractivity contribution in [1.82, 2.24) is 24.7 Å². The van der Waals surface area contributed by atoms with Crippen LogP contribution in [-0.2, 0) is 0 Å². The van der Waals surface area contributed by atoms with E-state index in [0.717, 1.165) is 50.2 Å². The molecule has 0 aliphatic heterocycles. The number of rotatable bonds is 8. The summed E-state index contributed by atoms with van der Waals surface area (Å²) in [5.74, 6) is 0.101. The summed E-state index contributed by atoms with van der Waals surface area (Å²) in [5, 5.41) is 12.6. The Morgan fingerprint density at radius 2 is 1.73 bits per heavy atom. The number of imidazole rings is 1. The number of amides is 1. The van der Waals surface area contributed by atoms with Gasteiger partial charge in [-0.3, -0.25) is 9.89 Å². The third-order valence-electron chi connectivity index (χ3n) is 7.96. The van der Waals surface area contributed by atoms with Gasteiger partial charge in [0.1, 0.15) is 5.69 Å². The first-order valence-electron chi connectivity index (χ1n) is 14.7. The summed E-state index contributed by atoms with van der Waals surface area (Å²) in [6, 6.07) is 23.2. The number of allylic oxidation sites excluding steroid dienone is 4. The first-order valence-corrected chi connectivity index (χ1v) is 15.4. The first kappa shape index (κ1) is 30.2. The molecule has 6 aromatic rings. The number of aromatic amines is 2. The third kappa shape index (κ3) is 5.72. The van der Waals surface area contributed by atoms with Crippen molar-refractivity contribution in [1.29, 1.82) is 0 Å². The molecule has 1 amide bonds. The Morgan fingerprint density at radius 3 is 2.44 bits per heavy atom. The number of aryl methyl sites for hydroxylation is 1. The Kier molecular flexibility index (Phi) is 8.48. The Labute approximate surface area is 271 Å². The lowest BCUT2D eigenvalue weighted by Gasteiger charge is -2.19. The monoisotopic (exact) mass is 634 g/mol. The maximum absolute atomic E-state index is 14.3. The second-order valence-corrected chi connectivity index (χ2v) is 11.7. The lowest BCUT2D eigenvalue weighted by atomic mass is 9.99. The van der Waals surface area contributed by atoms with Crippen LogP contribution >= 0.6 is 23.2 Å². The molecule has 0 saturated heterocycles. The van der Waals surface area contributed by atoms with E-state index in [1.165, 1.54) is 0 Å². The molecule has 226 valence electrons. The molecule has 3 aromatic carbocycles. The molecule has 6 rings (SSSR count). The molecular formula is C36H32Cl2N6O. The molecule has 0 bridgehead atoms. The number of carbonyl (C=O) groups excluding carboxylic acids is 1. The number of H-pyrrole nitrogens is 2. The van der Waals surface area contributed by atoms with Gasteiger partial charge in [0.2, 0.25) is 0 Å². The van der Waals surface area contributed by atoms with Crippen molar-refractivity contribution in [2.75, 3.05) is 5.32 Å². The second kappa shape index (κ2) is 12.6. The van der Waals surface area contributed by atoms with E-state index < -0.39 is 0 Å². The van der Waals surface area contributed by atoms with E-state index in [1.807, 2.05) is 118 Å². The van der Waals surface area contributed by atoms with Gasteiger partial charge in [-0.25, -0.2) is 4.98 Å². The van der Waals surface area contributed by atoms with Crippen molar-refractivity contribution < 1.29 is 4.79 Å². The summed E-state index contributed by atoms with van der Waals surface area (Å²) < 4.78 is 2.10. The Morgan fingerprint density at radius 1 is 1.00 bits per heavy atom. The molecule has 0 saturated carbocycles. The average Bonchev–Trinajstić information content (AvgIpc) is 3.75. The SMILES string of the molecule is C/C=C\C(=C/C)c1c(NC(=O)c2[nH]c3cc(Cl)ccc3c2-c2c(-c3ccccc3)ncn2C(C)c2ccc(Cl)cc2)n[nH]c1C. The predicted octanol–water partition coefficient (Wildman–Crippen LogP) is 9.88. The predicted molar refractivity (Wildman–Crippen MR) is 185 cm³/mol. The lowest BCUT2D eigenvalue weighted by Crippen LogP contribution is -2.16. The van der Waals surface area contributed by atoms with Crippen molar-refractivity contribution in [3.05, 3.63) is 130 Å². The fraction of sp³-hybridized carbons (Fsp3) is 0.139. The van der Waals surface area contributed by atoms with E-state index in [1.54, 1.807) is 0 Å². The number of nitrogens with zero attached hydrogens (tertiary/aromatic N) is 3. The number of nitrogens with one attached hydrogen (secondary N) is 3. The van der Waals surface area contributed by atoms with Crippen LogP contribution in [0.5, 0.6) is 0 Å². The Hall–Kier alpha value is -4.85. The second-order valence-electron chi connectivity index (χ2n) is 10.8. The van der Waals surface area contributed by atoms with E-state index in [-0.39, 0.29) is 11.9 Å². The molecular weight excluding hydrogens is 603 g/mol. The minimum absolute atomic E-state index is 0.130. The lowest BCUT2D eigenvalue weighted by molar-refractivity contribution is 0.102. The van der Waals surface area contributed by atoms with Gasteiger partial charge in [-0.05, 0) is 63.1 Å². The van der Waals surface area contributed by atoms with Gasteiger partial charge >= 0.3 is 0 Å². The van der Waals surface area contributed by atoms with Crippen LogP contribution < -0.4 is 5.32 Å². The van der Waals surface area contributed by atoms with Gasteiger partial charge < -0.3 is 14.9 Å². The molecule has 7 nitrogen and oxygen atoms in total. The first-order chi connectivity index (χ1) is 21.8. The van der Waals surface area contributed by atoms with Gasteiger partial charge in [-0.1, -0.05) is 90.0 Å². The van der Waals surface area contributed by atoms with Crippen LogP contribution in [0.4, 0.5) is 5.82 Å². The highest BCUT2D eigenvalue weighted by atomic mass is 35.5. The van der Waals surface area contributed by atoms with Gasteiger partial charge in [0, 0.05) is 43.3 Å². The van der Waals surface area contributed by atoms with Crippen molar-refractivity contribution in [3.63, 3.8) is 0 Å². The van der Waals surface area contributed by atoms with Crippen LogP contribution in [0.3, 0.4) is 0 Å². The summed E-state index contributed by atoms with van der Waals surface area (Å²) >= 11 is 12.7. The summed E-state index contributed by atoms with van der Waals surface area (Å²) in [6.45, 7) is 7.95. The maximum atomic E-state index is 14.3. The maximum Gasteiger partial charge on any atom is 0.274 e. The standard InChI is InChI=1S/C36H32Cl2N6O/c1-5-10-23(6-2)30-21(3)42-43-35(30)41-36(45)33-31(28-18-17-27(38)19-29(28)40-33)34-32(25-11-8-7-9-12-25)39-20-44(34)22(4)24-13-15-26(37)16-14-24/h5-20,22,40H,1-4H3,(H2,41,42,43,45)/b10-5-,23-6+. The van der Waals surface area contributed by atoms with Crippen LogP contribution in [0, 0.1) is 6.92 Å². The number of carbonyl (C=O) groups is 1. The molecule has 0 aliphatic rings. The van der Waals surface area contributed by atoms with E-state index in [4.69, 9.17) is 28.2 Å². The topological polar surface area (TPSA) is 91.4 Å². The Balaban J connectivity index is 1.57. The van der Waals surface area contributed by atoms with Gasteiger partial charge in [-0.2, -0.15) is 5.10 Å². The molecule has 0 aliphatic carbocycles. The fourth-order valence-electron chi connectivity index (χ4n) is 5.74. The van der Waals surface area contributed by atoms with Gasteiger partial charge in [0.25, 0.3) is 5.91 Å². The zero-order chi connectivity index (χ0) is 31.7. The number of hydrogen-bond donors (Lipinski definition) is 3. The summed E-state index contributed by atoms with van der Waals surface area (Å²) in [4.78, 5) is 22.6. The normalized spacial score (nSPS) is 12.7. The van der Waals surface area contributed by atoms with Crippen LogP contribution in [0.25, 0.3) is 39.0 Å². The minimum atomic E-state index is -0.341. The molecule has 3 heterocycles. The van der Waals surface area contributed by atoms with E-state index in [0.29, 0.717) is 27.1 Å². The minimum Gasteiger partial charge on any atom is -0.350 e. The largest absolute Gasteiger partial charge is 0.350 e. The fourth-order valence-corrected chi connectivity index (χ4v) is 6.04. The molecule has 0 fully saturated rings. The van der Waals surface area contributed by atoms with Crippen LogP contribution in [0.1, 0.15) is 54.1 Å². The number of benzene rings is 3. The van der Waals surface area contributed by atoms with Crippen molar-refractivity contribution >= 4 is 51.4 Å². The molecule has 3 aromatic heterocycles. The van der Waals surface area contributed by atoms with Crippen LogP contribution in [-0.4, -0.2) is 30.6 Å². The molecule has 9 heteroatoms. The van der Waals surface area contributed by atoms with E-state index >= 15 is 0 Å². The average molecular weight is 636 g/mol. The van der Waals surface area contributed by atoms with Gasteiger partial charge in [0.15, 0.2) is 5.82 Å². The Bertz CT molecular complexity index is 2070. The summed E-state index contributed by atoms with van der Waals surface area (Å²) in [5.41, 5.74) is 7.96. The number of halogens is 2. The molecule has 1 unspecified atom stereocenters. The van der Waals surface area contributed by atoms with Gasteiger partial charge in [0.05, 0.1) is 23.8 Å². The highest BCUT2D eigenvalue weighted by molar-refractivity contribution is 6.31. The zero-order valence-corrected chi connectivity index (χ0v) is 26.8.